The van der Waals surface area contributed by atoms with Crippen LogP contribution >= 0.6 is 0 Å². The molecule has 2 atom stereocenters. The molecular formula is C11H28N2O3Si. The van der Waals surface area contributed by atoms with Crippen molar-refractivity contribution in [2.45, 2.75) is 52.2 Å². The van der Waals surface area contributed by atoms with Gasteiger partial charge >= 0.3 is 8.80 Å². The Balaban J connectivity index is 4.59. The third-order valence-electron chi connectivity index (χ3n) is 2.42. The molecule has 104 valence electrons. The Morgan fingerprint density at radius 3 is 1.59 bits per heavy atom. The van der Waals surface area contributed by atoms with Crippen molar-refractivity contribution in [3.05, 3.63) is 0 Å². The Kier molecular flexibility index (Phi) is 9.02. The van der Waals surface area contributed by atoms with Gasteiger partial charge in [-0.2, -0.15) is 0 Å². The lowest BCUT2D eigenvalue weighted by Crippen LogP contribution is -2.60. The summed E-state index contributed by atoms with van der Waals surface area (Å²) in [6, 6.07) is 0.137. The maximum Gasteiger partial charge on any atom is 0.518 e. The van der Waals surface area contributed by atoms with E-state index in [1.54, 1.807) is 0 Å². The molecule has 0 rings (SSSR count). The van der Waals surface area contributed by atoms with E-state index in [1.807, 2.05) is 27.7 Å². The van der Waals surface area contributed by atoms with Gasteiger partial charge in [0, 0.05) is 25.9 Å². The van der Waals surface area contributed by atoms with Gasteiger partial charge in [0.1, 0.15) is 0 Å². The maximum absolute atomic E-state index is 6.19. The van der Waals surface area contributed by atoms with E-state index < -0.39 is 8.80 Å². The minimum absolute atomic E-state index is 0.137. The Morgan fingerprint density at radius 1 is 0.882 bits per heavy atom. The van der Waals surface area contributed by atoms with Crippen molar-refractivity contribution >= 4 is 8.80 Å². The van der Waals surface area contributed by atoms with Gasteiger partial charge in [0.15, 0.2) is 0 Å². The van der Waals surface area contributed by atoms with Crippen LogP contribution in [0.15, 0.2) is 0 Å². The van der Waals surface area contributed by atoms with Gasteiger partial charge in [-0.15, -0.1) is 0 Å². The first-order valence-corrected chi connectivity index (χ1v) is 8.25. The monoisotopic (exact) mass is 264 g/mol. The summed E-state index contributed by atoms with van der Waals surface area (Å²) in [4.78, 5) is 0. The summed E-state index contributed by atoms with van der Waals surface area (Å²) >= 11 is 0. The van der Waals surface area contributed by atoms with E-state index in [-0.39, 0.29) is 11.7 Å². The largest absolute Gasteiger partial charge is 0.518 e. The molecule has 0 aliphatic heterocycles. The number of nitrogens with two attached hydrogens (primary N) is 2. The molecule has 6 heteroatoms. The van der Waals surface area contributed by atoms with Gasteiger partial charge in [0.05, 0.1) is 5.67 Å². The van der Waals surface area contributed by atoms with Crippen LogP contribution in [0.1, 0.15) is 40.5 Å². The summed E-state index contributed by atoms with van der Waals surface area (Å²) in [7, 11) is -2.74. The van der Waals surface area contributed by atoms with Crippen LogP contribution in [0.3, 0.4) is 0 Å². The van der Waals surface area contributed by atoms with E-state index >= 15 is 0 Å². The summed E-state index contributed by atoms with van der Waals surface area (Å²) < 4.78 is 17.2. The van der Waals surface area contributed by atoms with Crippen LogP contribution in [-0.2, 0) is 13.3 Å². The molecule has 0 saturated carbocycles. The zero-order chi connectivity index (χ0) is 13.3. The molecule has 0 aliphatic carbocycles. The standard InChI is InChI=1S/C11H28N2O3Si/c1-5-14-17(15-6-2,16-7-3)11(13)9-8-10(4)12/h10-11H,5-9,12-13H2,1-4H3. The molecule has 4 N–H and O–H groups in total. The SMILES string of the molecule is CCO[Si](OCC)(OCC)C(N)CCC(C)N. The highest BCUT2D eigenvalue weighted by atomic mass is 28.4. The van der Waals surface area contributed by atoms with Crippen molar-refractivity contribution in [1.82, 2.24) is 0 Å². The summed E-state index contributed by atoms with van der Waals surface area (Å²) in [5.74, 6) is 0. The predicted molar refractivity (Wildman–Crippen MR) is 71.5 cm³/mol. The van der Waals surface area contributed by atoms with Crippen LogP contribution < -0.4 is 11.5 Å². The van der Waals surface area contributed by atoms with E-state index in [0.29, 0.717) is 19.8 Å². The molecule has 0 aliphatic rings. The first-order chi connectivity index (χ1) is 8.02. The zero-order valence-corrected chi connectivity index (χ0v) is 12.6. The topological polar surface area (TPSA) is 79.7 Å². The number of hydrogen-bond donors (Lipinski definition) is 2. The molecule has 0 radical (unpaired) electrons. The summed E-state index contributed by atoms with van der Waals surface area (Å²) in [5, 5.41) is 0. The number of rotatable bonds is 10. The highest BCUT2D eigenvalue weighted by molar-refractivity contribution is 6.62. The fourth-order valence-corrected chi connectivity index (χ4v) is 4.29. The second-order valence-electron chi connectivity index (χ2n) is 4.06. The molecule has 5 nitrogen and oxygen atoms in total. The van der Waals surface area contributed by atoms with Crippen LogP contribution in [-0.4, -0.2) is 40.3 Å². The molecule has 0 saturated heterocycles. The Bertz CT molecular complexity index is 177. The minimum atomic E-state index is -2.74. The molecule has 0 fully saturated rings. The van der Waals surface area contributed by atoms with Gasteiger partial charge in [-0.05, 0) is 40.5 Å². The molecule has 0 bridgehead atoms. The van der Waals surface area contributed by atoms with Crippen LogP contribution in [0.5, 0.6) is 0 Å². The fourth-order valence-electron chi connectivity index (χ4n) is 1.67. The van der Waals surface area contributed by atoms with Gasteiger partial charge in [0.25, 0.3) is 0 Å². The highest BCUT2D eigenvalue weighted by Crippen LogP contribution is 2.17. The van der Waals surface area contributed by atoms with E-state index in [1.165, 1.54) is 0 Å². The lowest BCUT2D eigenvalue weighted by atomic mass is 10.2. The molecule has 0 amide bonds. The predicted octanol–water partition coefficient (Wildman–Crippen LogP) is 1.03. The second kappa shape index (κ2) is 9.01. The highest BCUT2D eigenvalue weighted by Gasteiger charge is 2.47. The fraction of sp³-hybridized carbons (Fsp3) is 1.00. The van der Waals surface area contributed by atoms with Crippen LogP contribution in [0, 0.1) is 0 Å². The summed E-state index contributed by atoms with van der Waals surface area (Å²) in [6.07, 6.45) is 1.62. The quantitative estimate of drug-likeness (QED) is 0.576. The molecular weight excluding hydrogens is 236 g/mol. The van der Waals surface area contributed by atoms with Gasteiger partial charge in [0.2, 0.25) is 0 Å². The maximum atomic E-state index is 6.19. The van der Waals surface area contributed by atoms with Gasteiger partial charge in [-0.3, -0.25) is 0 Å². The molecule has 0 aromatic carbocycles. The average Bonchev–Trinajstić information content (AvgIpc) is 2.26. The lowest BCUT2D eigenvalue weighted by Gasteiger charge is -2.33. The zero-order valence-electron chi connectivity index (χ0n) is 11.6. The van der Waals surface area contributed by atoms with Crippen molar-refractivity contribution in [1.29, 1.82) is 0 Å². The Morgan fingerprint density at radius 2 is 1.29 bits per heavy atom. The summed E-state index contributed by atoms with van der Waals surface area (Å²) in [6.45, 7) is 9.42. The van der Waals surface area contributed by atoms with Crippen LogP contribution in [0.2, 0.25) is 0 Å². The van der Waals surface area contributed by atoms with E-state index in [4.69, 9.17) is 24.7 Å². The van der Waals surface area contributed by atoms with Crippen molar-refractivity contribution in [3.8, 4) is 0 Å². The molecule has 2 unspecified atom stereocenters. The van der Waals surface area contributed by atoms with Gasteiger partial charge in [-0.1, -0.05) is 0 Å². The molecule has 0 heterocycles. The number of hydrogen-bond acceptors (Lipinski definition) is 5. The van der Waals surface area contributed by atoms with E-state index in [9.17, 15) is 0 Å². The van der Waals surface area contributed by atoms with Crippen molar-refractivity contribution < 1.29 is 13.3 Å². The smallest absolute Gasteiger partial charge is 0.373 e. The van der Waals surface area contributed by atoms with Crippen LogP contribution in [0.25, 0.3) is 0 Å². The van der Waals surface area contributed by atoms with Crippen molar-refractivity contribution in [3.63, 3.8) is 0 Å². The normalized spacial score (nSPS) is 15.9. The van der Waals surface area contributed by atoms with Crippen LogP contribution in [0.4, 0.5) is 0 Å². The Labute approximate surface area is 106 Å². The molecule has 0 aromatic rings. The first kappa shape index (κ1) is 17.0. The van der Waals surface area contributed by atoms with Gasteiger partial charge < -0.3 is 24.7 Å². The minimum Gasteiger partial charge on any atom is -0.373 e. The first-order valence-electron chi connectivity index (χ1n) is 6.45. The molecule has 0 spiro atoms. The van der Waals surface area contributed by atoms with Crippen molar-refractivity contribution in [2.24, 2.45) is 11.5 Å². The Hall–Kier alpha value is 0.0169. The molecule has 17 heavy (non-hydrogen) atoms. The van der Waals surface area contributed by atoms with Crippen molar-refractivity contribution in [2.75, 3.05) is 19.8 Å². The summed E-state index contributed by atoms with van der Waals surface area (Å²) in [5.41, 5.74) is 11.7. The third-order valence-corrected chi connectivity index (χ3v) is 5.69. The average molecular weight is 264 g/mol. The third kappa shape index (κ3) is 5.94. The lowest BCUT2D eigenvalue weighted by molar-refractivity contribution is 0.0610. The van der Waals surface area contributed by atoms with Gasteiger partial charge in [-0.25, -0.2) is 0 Å². The van der Waals surface area contributed by atoms with E-state index in [2.05, 4.69) is 0 Å². The van der Waals surface area contributed by atoms with E-state index in [0.717, 1.165) is 12.8 Å². The second-order valence-corrected chi connectivity index (χ2v) is 6.88. The molecule has 0 aromatic heterocycles.